The molecule has 0 radical (unpaired) electrons. The molecule has 0 N–H and O–H groups in total. The lowest BCUT2D eigenvalue weighted by molar-refractivity contribution is 0.202. The molecule has 2 heterocycles. The number of rotatable bonds is 2. The summed E-state index contributed by atoms with van der Waals surface area (Å²) in [6, 6.07) is 0. The molecule has 0 bridgehead atoms. The van der Waals surface area contributed by atoms with E-state index in [0.717, 1.165) is 13.1 Å². The fourth-order valence-corrected chi connectivity index (χ4v) is 4.09. The van der Waals surface area contributed by atoms with Crippen LogP contribution in [0.15, 0.2) is 0 Å². The Morgan fingerprint density at radius 3 is 2.07 bits per heavy atom. The number of thiol groups is 1. The quantitative estimate of drug-likeness (QED) is 0.647. The van der Waals surface area contributed by atoms with E-state index in [-0.39, 0.29) is 5.25 Å². The van der Waals surface area contributed by atoms with Gasteiger partial charge in [-0.05, 0) is 7.05 Å². The highest BCUT2D eigenvalue weighted by Gasteiger charge is 2.38. The second kappa shape index (κ2) is 4.21. The Balaban J connectivity index is 1.97. The fourth-order valence-electron chi connectivity index (χ4n) is 1.79. The Kier molecular flexibility index (Phi) is 3.27. The third-order valence-corrected chi connectivity index (χ3v) is 5.24. The lowest BCUT2D eigenvalue weighted by atomic mass is 10.3. The monoisotopic (exact) mass is 251 g/mol. The van der Waals surface area contributed by atoms with Gasteiger partial charge in [0.25, 0.3) is 10.2 Å². The molecule has 2 aliphatic heterocycles. The minimum absolute atomic E-state index is 0.215. The zero-order valence-corrected chi connectivity index (χ0v) is 10.5. The molecule has 2 aliphatic rings. The van der Waals surface area contributed by atoms with Gasteiger partial charge >= 0.3 is 0 Å². The number of nitrogens with zero attached hydrogens (tertiary/aromatic N) is 3. The van der Waals surface area contributed by atoms with Crippen molar-refractivity contribution in [3.05, 3.63) is 0 Å². The van der Waals surface area contributed by atoms with Crippen LogP contribution in [0.4, 0.5) is 0 Å². The van der Waals surface area contributed by atoms with E-state index in [4.69, 9.17) is 0 Å². The molecule has 7 heteroatoms. The summed E-state index contributed by atoms with van der Waals surface area (Å²) in [6.45, 7) is 3.95. The summed E-state index contributed by atoms with van der Waals surface area (Å²) < 4.78 is 27.1. The van der Waals surface area contributed by atoms with Crippen LogP contribution >= 0.6 is 12.6 Å². The van der Waals surface area contributed by atoms with E-state index in [1.54, 1.807) is 4.31 Å². The van der Waals surface area contributed by atoms with Gasteiger partial charge in [0, 0.05) is 44.5 Å². The van der Waals surface area contributed by atoms with Crippen LogP contribution in [0.1, 0.15) is 0 Å². The third kappa shape index (κ3) is 2.31. The largest absolute Gasteiger partial charge is 0.304 e. The average molecular weight is 251 g/mol. The van der Waals surface area contributed by atoms with Gasteiger partial charge in [0.1, 0.15) is 0 Å². The van der Waals surface area contributed by atoms with Gasteiger partial charge in [-0.25, -0.2) is 0 Å². The fraction of sp³-hybridized carbons (Fsp3) is 1.00. The number of hydrogen-bond donors (Lipinski definition) is 1. The summed E-state index contributed by atoms with van der Waals surface area (Å²) in [7, 11) is -1.18. The van der Waals surface area contributed by atoms with Gasteiger partial charge in [-0.15, -0.1) is 0 Å². The lowest BCUT2D eigenvalue weighted by Gasteiger charge is -2.40. The summed E-state index contributed by atoms with van der Waals surface area (Å²) >= 11 is 4.22. The van der Waals surface area contributed by atoms with Gasteiger partial charge in [0.05, 0.1) is 0 Å². The molecule has 0 unspecified atom stereocenters. The maximum Gasteiger partial charge on any atom is 0.282 e. The molecule has 5 nitrogen and oxygen atoms in total. The van der Waals surface area contributed by atoms with Crippen molar-refractivity contribution in [3.8, 4) is 0 Å². The van der Waals surface area contributed by atoms with Crippen molar-refractivity contribution in [1.82, 2.24) is 13.5 Å². The standard InChI is InChI=1S/C8H17N3O2S2/c1-9-2-4-10(5-3-9)15(12,13)11-6-8(14)7-11/h8,14H,2-7H2,1H3. The van der Waals surface area contributed by atoms with E-state index in [9.17, 15) is 8.42 Å². The van der Waals surface area contributed by atoms with Crippen LogP contribution in [-0.2, 0) is 10.2 Å². The smallest absolute Gasteiger partial charge is 0.282 e. The van der Waals surface area contributed by atoms with E-state index in [1.165, 1.54) is 4.31 Å². The Morgan fingerprint density at radius 2 is 1.60 bits per heavy atom. The first-order valence-corrected chi connectivity index (χ1v) is 7.03. The maximum absolute atomic E-state index is 12.0. The third-order valence-electron chi connectivity index (χ3n) is 2.94. The Bertz CT molecular complexity index is 319. The molecule has 0 aromatic heterocycles. The van der Waals surface area contributed by atoms with Crippen LogP contribution < -0.4 is 0 Å². The van der Waals surface area contributed by atoms with E-state index in [2.05, 4.69) is 17.5 Å². The van der Waals surface area contributed by atoms with Gasteiger partial charge in [-0.3, -0.25) is 0 Å². The van der Waals surface area contributed by atoms with Crippen LogP contribution in [0, 0.1) is 0 Å². The molecule has 0 spiro atoms. The molecule has 0 atom stereocenters. The van der Waals surface area contributed by atoms with Crippen LogP contribution in [0.3, 0.4) is 0 Å². The molecular formula is C8H17N3O2S2. The van der Waals surface area contributed by atoms with Crippen molar-refractivity contribution in [2.45, 2.75) is 5.25 Å². The molecule has 0 aromatic rings. The Hall–Kier alpha value is 0.180. The number of likely N-dealkylation sites (N-methyl/N-ethyl adjacent to an activating group) is 1. The second-order valence-corrected chi connectivity index (χ2v) is 6.84. The van der Waals surface area contributed by atoms with Crippen molar-refractivity contribution < 1.29 is 8.42 Å². The maximum atomic E-state index is 12.0. The average Bonchev–Trinajstić information content (AvgIpc) is 2.13. The molecule has 2 fully saturated rings. The Labute approximate surface area is 96.6 Å². The first kappa shape index (κ1) is 11.7. The van der Waals surface area contributed by atoms with E-state index in [1.807, 2.05) is 7.05 Å². The molecule has 2 saturated heterocycles. The molecule has 0 aromatic carbocycles. The Morgan fingerprint density at radius 1 is 1.07 bits per heavy atom. The van der Waals surface area contributed by atoms with Gasteiger partial charge in [0.15, 0.2) is 0 Å². The van der Waals surface area contributed by atoms with Gasteiger partial charge in [0.2, 0.25) is 0 Å². The number of hydrogen-bond acceptors (Lipinski definition) is 4. The minimum atomic E-state index is -3.19. The SMILES string of the molecule is CN1CCN(S(=O)(=O)N2CC(S)C2)CC1. The molecule has 0 saturated carbocycles. The second-order valence-electron chi connectivity index (χ2n) is 4.18. The zero-order valence-electron chi connectivity index (χ0n) is 8.83. The van der Waals surface area contributed by atoms with Gasteiger partial charge in [-0.1, -0.05) is 0 Å². The first-order valence-electron chi connectivity index (χ1n) is 5.12. The van der Waals surface area contributed by atoms with Gasteiger partial charge in [-0.2, -0.15) is 29.7 Å². The van der Waals surface area contributed by atoms with E-state index in [0.29, 0.717) is 26.2 Å². The summed E-state index contributed by atoms with van der Waals surface area (Å²) in [5, 5.41) is 0.215. The highest BCUT2D eigenvalue weighted by Crippen LogP contribution is 2.21. The molecular weight excluding hydrogens is 234 g/mol. The van der Waals surface area contributed by atoms with E-state index < -0.39 is 10.2 Å². The molecule has 15 heavy (non-hydrogen) atoms. The summed E-state index contributed by atoms with van der Waals surface area (Å²) in [4.78, 5) is 2.14. The predicted octanol–water partition coefficient (Wildman–Crippen LogP) is -0.907. The van der Waals surface area contributed by atoms with Crippen molar-refractivity contribution in [2.75, 3.05) is 46.3 Å². The normalized spacial score (nSPS) is 27.9. The van der Waals surface area contributed by atoms with Crippen LogP contribution in [-0.4, -0.2) is 73.5 Å². The molecule has 0 amide bonds. The van der Waals surface area contributed by atoms with Crippen LogP contribution in [0.25, 0.3) is 0 Å². The molecule has 0 aliphatic carbocycles. The lowest BCUT2D eigenvalue weighted by Crippen LogP contribution is -2.58. The van der Waals surface area contributed by atoms with E-state index >= 15 is 0 Å². The van der Waals surface area contributed by atoms with Crippen LogP contribution in [0.2, 0.25) is 0 Å². The first-order chi connectivity index (χ1) is 7.00. The van der Waals surface area contributed by atoms with Crippen molar-refractivity contribution in [1.29, 1.82) is 0 Å². The van der Waals surface area contributed by atoms with Crippen molar-refractivity contribution in [2.24, 2.45) is 0 Å². The summed E-state index contributed by atoms with van der Waals surface area (Å²) in [5.74, 6) is 0. The zero-order chi connectivity index (χ0) is 11.1. The van der Waals surface area contributed by atoms with Gasteiger partial charge < -0.3 is 4.90 Å². The molecule has 2 rings (SSSR count). The van der Waals surface area contributed by atoms with Crippen molar-refractivity contribution in [3.63, 3.8) is 0 Å². The van der Waals surface area contributed by atoms with Crippen LogP contribution in [0.5, 0.6) is 0 Å². The highest BCUT2D eigenvalue weighted by molar-refractivity contribution is 7.87. The molecule has 88 valence electrons. The minimum Gasteiger partial charge on any atom is -0.304 e. The van der Waals surface area contributed by atoms with Crippen molar-refractivity contribution >= 4 is 22.8 Å². The number of piperazine rings is 1. The highest BCUT2D eigenvalue weighted by atomic mass is 32.2. The summed E-state index contributed by atoms with van der Waals surface area (Å²) in [5.41, 5.74) is 0. The predicted molar refractivity (Wildman–Crippen MR) is 62.3 cm³/mol. The summed E-state index contributed by atoms with van der Waals surface area (Å²) in [6.07, 6.45) is 0. The topological polar surface area (TPSA) is 43.9 Å².